The zero-order valence-electron chi connectivity index (χ0n) is 2.17. The molecule has 0 aliphatic rings. The molecule has 29 valence electrons. The summed E-state index contributed by atoms with van der Waals surface area (Å²) in [5.41, 5.74) is 4.50. The number of hydrogen-bond acceptors (Lipinski definition) is 5. The zero-order chi connectivity index (χ0) is 4.71. The van der Waals surface area contributed by atoms with E-state index in [0.29, 0.717) is 0 Å². The van der Waals surface area contributed by atoms with Gasteiger partial charge in [0.05, 0.1) is 0 Å². The molecule has 0 aromatic heterocycles. The highest BCUT2D eigenvalue weighted by atomic mass is 16.6. The zero-order valence-corrected chi connectivity index (χ0v) is 2.17. The van der Waals surface area contributed by atoms with Crippen LogP contribution in [0.5, 0.6) is 0 Å². The first-order valence-electron chi connectivity index (χ1n) is 0.569. The van der Waals surface area contributed by atoms with Gasteiger partial charge >= 0.3 is 5.34 Å². The number of rotatable bonds is 0. The smallest absolute Gasteiger partial charge is 0.194 e. The lowest BCUT2D eigenvalue weighted by molar-refractivity contribution is 1.38. The van der Waals surface area contributed by atoms with Crippen molar-refractivity contribution in [3.63, 3.8) is 0 Å². The largest absolute Gasteiger partial charge is 0.387 e. The fourth-order valence-electron chi connectivity index (χ4n) is 0. The van der Waals surface area contributed by atoms with E-state index in [1.54, 1.807) is 0 Å². The lowest BCUT2D eigenvalue weighted by Crippen LogP contribution is -1.47. The average molecular weight is 77.0 g/mol. The van der Waals surface area contributed by atoms with Crippen LogP contribution in [0.1, 0.15) is 0 Å². The standard InChI is InChI=1S/NO2.HNO/c2-1-3;1-2/h;1H. The predicted molar refractivity (Wildman–Crippen MR) is 15.0 cm³/mol. The molecule has 0 fully saturated rings. The van der Waals surface area contributed by atoms with Gasteiger partial charge in [0.2, 0.25) is 0 Å². The fraction of sp³-hybridized carbons (Fsp3) is 0. The van der Waals surface area contributed by atoms with Crippen molar-refractivity contribution in [1.29, 1.82) is 5.59 Å². The van der Waals surface area contributed by atoms with Crippen LogP contribution in [0.15, 0.2) is 0 Å². The summed E-state index contributed by atoms with van der Waals surface area (Å²) in [5.74, 6) is 0. The third-order valence-corrected chi connectivity index (χ3v) is 0. The minimum absolute atomic E-state index is 1.00. The Morgan fingerprint density at radius 1 is 1.60 bits per heavy atom. The Balaban J connectivity index is 0. The van der Waals surface area contributed by atoms with Crippen LogP contribution in [0.2, 0.25) is 0 Å². The Labute approximate surface area is 27.3 Å². The van der Waals surface area contributed by atoms with Crippen molar-refractivity contribution in [2.24, 2.45) is 0 Å². The molecule has 0 heterocycles. The summed E-state index contributed by atoms with van der Waals surface area (Å²) in [4.78, 5) is 15.5. The van der Waals surface area contributed by atoms with E-state index in [1.807, 2.05) is 0 Å². The molecular formula is HN2O3. The van der Waals surface area contributed by atoms with Crippen molar-refractivity contribution in [3.8, 4) is 0 Å². The minimum Gasteiger partial charge on any atom is -0.194 e. The molecule has 0 unspecified atom stereocenters. The van der Waals surface area contributed by atoms with Gasteiger partial charge in [0.15, 0.2) is 0 Å². The topological polar surface area (TPSA) is 95.2 Å². The highest BCUT2D eigenvalue weighted by Crippen LogP contribution is 1.03. The lowest BCUT2D eigenvalue weighted by atomic mass is 13.4. The lowest BCUT2D eigenvalue weighted by Gasteiger charge is -1.16. The monoisotopic (exact) mass is 77.0 g/mol. The van der Waals surface area contributed by atoms with E-state index in [1.165, 1.54) is 0 Å². The Morgan fingerprint density at radius 3 is 1.60 bits per heavy atom. The normalized spacial score (nSPS) is 3.20. The summed E-state index contributed by atoms with van der Waals surface area (Å²) in [6.45, 7) is 0. The van der Waals surface area contributed by atoms with Gasteiger partial charge in [-0.25, -0.2) is 0 Å². The van der Waals surface area contributed by atoms with Crippen LogP contribution in [-0.4, -0.2) is 0 Å². The third-order valence-electron chi connectivity index (χ3n) is 0. The summed E-state index contributed by atoms with van der Waals surface area (Å²) in [6, 6.07) is 0. The third kappa shape index (κ3) is 3.00. The second kappa shape index (κ2) is 0. The van der Waals surface area contributed by atoms with Gasteiger partial charge in [-0.05, 0) is 0 Å². The van der Waals surface area contributed by atoms with Gasteiger partial charge in [-0.3, -0.25) is 0 Å². The van der Waals surface area contributed by atoms with E-state index in [2.05, 4.69) is 5.59 Å². The van der Waals surface area contributed by atoms with E-state index in [9.17, 15) is 0 Å². The molecule has 0 bridgehead atoms. The number of nitroso groups, excluding NO2 is 1. The van der Waals surface area contributed by atoms with Crippen LogP contribution in [0.3, 0.4) is 0 Å². The van der Waals surface area contributed by atoms with Crippen LogP contribution in [0, 0.1) is 20.6 Å². The van der Waals surface area contributed by atoms with Crippen LogP contribution in [0.4, 0.5) is 0 Å². The van der Waals surface area contributed by atoms with Gasteiger partial charge in [-0.1, -0.05) is 5.59 Å². The minimum atomic E-state index is 1.00. The molecule has 5 heavy (non-hydrogen) atoms. The van der Waals surface area contributed by atoms with E-state index in [4.69, 9.17) is 15.0 Å². The highest BCUT2D eigenvalue weighted by molar-refractivity contribution is 4.12. The van der Waals surface area contributed by atoms with Gasteiger partial charge in [0.1, 0.15) is 0 Å². The second-order valence-electron chi connectivity index (χ2n) is 0.0745. The Kier molecular flexibility index (Phi) is 0. The average Bonchev–Trinajstić information content (AvgIpc) is 1.46. The second-order valence-corrected chi connectivity index (χ2v) is 0.0745. The van der Waals surface area contributed by atoms with E-state index in [-0.39, 0.29) is 0 Å². The molecular weight excluding hydrogens is 76.0 g/mol. The molecule has 5 nitrogen and oxygen atoms in total. The van der Waals surface area contributed by atoms with Crippen LogP contribution in [-0.2, 0) is 0 Å². The molecule has 0 spiro atoms. The molecule has 1 N–H and O–H groups in total. The van der Waals surface area contributed by atoms with Crippen molar-refractivity contribution >= 4 is 0 Å². The molecule has 0 rings (SSSR count). The Morgan fingerprint density at radius 2 is 1.60 bits per heavy atom. The molecule has 0 aliphatic carbocycles. The highest BCUT2D eigenvalue weighted by Gasteiger charge is 1.36. The van der Waals surface area contributed by atoms with Crippen LogP contribution >= 0.6 is 0 Å². The maximum atomic E-state index is 8.00. The van der Waals surface area contributed by atoms with Gasteiger partial charge in [-0.2, -0.15) is 15.0 Å². The SMILES string of the molecule is N=O.O=[N+][O-]. The van der Waals surface area contributed by atoms with Crippen molar-refractivity contribution in [2.45, 2.75) is 0 Å². The molecule has 5 heteroatoms. The van der Waals surface area contributed by atoms with E-state index >= 15 is 0 Å². The van der Waals surface area contributed by atoms with Gasteiger partial charge in [-0.15, -0.1) is 0 Å². The predicted octanol–water partition coefficient (Wildman–Crippen LogP) is -0.0820. The first-order chi connectivity index (χ1) is 2.41. The van der Waals surface area contributed by atoms with E-state index < -0.39 is 0 Å². The number of nitrogens with zero attached hydrogens (tertiary/aromatic N) is 1. The quantitative estimate of drug-likeness (QED) is 0.249. The maximum Gasteiger partial charge on any atom is 0.387 e. The van der Waals surface area contributed by atoms with Gasteiger partial charge < -0.3 is 0 Å². The summed E-state index contributed by atoms with van der Waals surface area (Å²) < 4.78 is 0. The summed E-state index contributed by atoms with van der Waals surface area (Å²) in [6.07, 6.45) is 0. The van der Waals surface area contributed by atoms with Crippen molar-refractivity contribution in [1.82, 2.24) is 5.34 Å². The first kappa shape index (κ1) is 9.00. The van der Waals surface area contributed by atoms with Crippen molar-refractivity contribution in [2.75, 3.05) is 0 Å². The molecule has 1 radical (unpaired) electrons. The van der Waals surface area contributed by atoms with Gasteiger partial charge in [0, 0.05) is 0 Å². The molecule has 0 atom stereocenters. The summed E-state index contributed by atoms with van der Waals surface area (Å²) >= 11 is 0. The maximum absolute atomic E-state index is 8.00. The molecule has 0 aromatic carbocycles. The molecule has 0 saturated carbocycles. The van der Waals surface area contributed by atoms with Gasteiger partial charge in [0.25, 0.3) is 0 Å². The van der Waals surface area contributed by atoms with Crippen LogP contribution in [0.25, 0.3) is 0 Å². The van der Waals surface area contributed by atoms with E-state index in [0.717, 1.165) is 5.34 Å². The molecule has 0 saturated heterocycles. The summed E-state index contributed by atoms with van der Waals surface area (Å²) in [7, 11) is 0. The van der Waals surface area contributed by atoms with Crippen molar-refractivity contribution in [3.05, 3.63) is 15.0 Å². The molecule has 0 aromatic rings. The van der Waals surface area contributed by atoms with Crippen LogP contribution < -0.4 is 5.34 Å². The van der Waals surface area contributed by atoms with Crippen molar-refractivity contribution < 1.29 is 0 Å². The molecule has 0 amide bonds. The fourth-order valence-corrected chi connectivity index (χ4v) is 0. The number of nitrogens with one attached hydrogen (secondary N) is 1. The molecule has 0 aliphatic heterocycles. The Bertz CT molecular complexity index is 18.9. The Hall–Kier alpha value is -1.00. The first-order valence-corrected chi connectivity index (χ1v) is 0.569. The summed E-state index contributed by atoms with van der Waals surface area (Å²) in [5, 5.41) is 9.00. The number of hydrogen-bond donors (Lipinski definition) is 1.